The van der Waals surface area contributed by atoms with E-state index in [4.69, 9.17) is 11.6 Å². The Balaban J connectivity index is 2.46. The third-order valence-electron chi connectivity index (χ3n) is 2.21. The quantitative estimate of drug-likeness (QED) is 0.749. The molecule has 90 valence electrons. The summed E-state index contributed by atoms with van der Waals surface area (Å²) in [6.45, 7) is 0. The zero-order valence-corrected chi connectivity index (χ0v) is 10.6. The average Bonchev–Trinajstić information content (AvgIpc) is 2.61. The molecule has 0 radical (unpaired) electrons. The van der Waals surface area contributed by atoms with Gasteiger partial charge in [0.25, 0.3) is 0 Å². The third kappa shape index (κ3) is 2.66. The van der Waals surface area contributed by atoms with Crippen molar-refractivity contribution in [3.05, 3.63) is 45.5 Å². The minimum absolute atomic E-state index is 0.368. The first-order valence-electron chi connectivity index (χ1n) is 4.59. The van der Waals surface area contributed by atoms with Gasteiger partial charge in [-0.1, -0.05) is 23.7 Å². The molecule has 0 amide bonds. The molecule has 0 aliphatic carbocycles. The smallest absolute Gasteiger partial charge is 0.350 e. The molecule has 17 heavy (non-hydrogen) atoms. The van der Waals surface area contributed by atoms with Gasteiger partial charge in [0, 0.05) is 9.50 Å². The Morgan fingerprint density at radius 2 is 1.71 bits per heavy atom. The van der Waals surface area contributed by atoms with Crippen LogP contribution < -0.4 is 0 Å². The molecule has 1 N–H and O–H groups in total. The molecule has 6 heteroatoms. The number of rotatable bonds is 1. The predicted molar refractivity (Wildman–Crippen MR) is 63.9 cm³/mol. The van der Waals surface area contributed by atoms with E-state index in [2.05, 4.69) is 20.9 Å². The van der Waals surface area contributed by atoms with Crippen LogP contribution in [0.5, 0.6) is 0 Å². The van der Waals surface area contributed by atoms with E-state index < -0.39 is 11.9 Å². The van der Waals surface area contributed by atoms with E-state index in [-0.39, 0.29) is 0 Å². The van der Waals surface area contributed by atoms with E-state index in [0.717, 1.165) is 6.07 Å². The number of H-pyrrole nitrogens is 1. The summed E-state index contributed by atoms with van der Waals surface area (Å²) >= 11 is 8.82. The van der Waals surface area contributed by atoms with Crippen molar-refractivity contribution in [3.63, 3.8) is 0 Å². The maximum absolute atomic E-state index is 12.5. The molecular weight excluding hydrogens is 318 g/mol. The molecule has 0 aliphatic heterocycles. The van der Waals surface area contributed by atoms with E-state index in [0.29, 0.717) is 20.8 Å². The highest BCUT2D eigenvalue weighted by molar-refractivity contribution is 9.10. The zero-order valence-electron chi connectivity index (χ0n) is 8.28. The molecule has 2 aromatic rings. The molecule has 0 saturated carbocycles. The summed E-state index contributed by atoms with van der Waals surface area (Å²) in [6.07, 6.45) is -4.38. The fourth-order valence-corrected chi connectivity index (χ4v) is 2.09. The molecule has 0 unspecified atom stereocenters. The van der Waals surface area contributed by atoms with E-state index in [1.165, 1.54) is 0 Å². The lowest BCUT2D eigenvalue weighted by Gasteiger charge is -2.03. The van der Waals surface area contributed by atoms with Gasteiger partial charge in [-0.15, -0.1) is 0 Å². The highest BCUT2D eigenvalue weighted by Crippen LogP contribution is 2.36. The second-order valence-corrected chi connectivity index (χ2v) is 4.70. The van der Waals surface area contributed by atoms with Crippen LogP contribution in [0.15, 0.2) is 34.8 Å². The summed E-state index contributed by atoms with van der Waals surface area (Å²) in [5.41, 5.74) is 0.236. The molecule has 0 atom stereocenters. The summed E-state index contributed by atoms with van der Waals surface area (Å²) < 4.78 is 37.8. The maximum atomic E-state index is 12.5. The van der Waals surface area contributed by atoms with Crippen molar-refractivity contribution in [1.29, 1.82) is 0 Å². The van der Waals surface area contributed by atoms with Gasteiger partial charge in [-0.3, -0.25) is 0 Å². The molecule has 0 saturated heterocycles. The maximum Gasteiger partial charge on any atom is 0.431 e. The molecule has 1 heterocycles. The highest BCUT2D eigenvalue weighted by atomic mass is 79.9. The fraction of sp³-hybridized carbons (Fsp3) is 0.0909. The number of aromatic amines is 1. The standard InChI is InChI=1S/C11H6BrClF3N/c12-8-5-9(11(14,15)16)17-10(8)6-1-3-7(13)4-2-6/h1-5,17H. The van der Waals surface area contributed by atoms with Crippen LogP contribution in [0.1, 0.15) is 5.69 Å². The molecule has 0 spiro atoms. The fourth-order valence-electron chi connectivity index (χ4n) is 1.41. The Kier molecular flexibility index (Phi) is 3.23. The Morgan fingerprint density at radius 1 is 1.12 bits per heavy atom. The number of halogens is 5. The van der Waals surface area contributed by atoms with Crippen LogP contribution in [0.25, 0.3) is 11.3 Å². The zero-order chi connectivity index (χ0) is 12.6. The van der Waals surface area contributed by atoms with Gasteiger partial charge in [-0.25, -0.2) is 0 Å². The van der Waals surface area contributed by atoms with Crippen LogP contribution in [0, 0.1) is 0 Å². The lowest BCUT2D eigenvalue weighted by molar-refractivity contribution is -0.140. The molecule has 1 nitrogen and oxygen atoms in total. The summed E-state index contributed by atoms with van der Waals surface area (Å²) in [5, 5.41) is 0.535. The van der Waals surface area contributed by atoms with E-state index in [1.54, 1.807) is 24.3 Å². The van der Waals surface area contributed by atoms with Crippen LogP contribution >= 0.6 is 27.5 Å². The van der Waals surface area contributed by atoms with Crippen molar-refractivity contribution in [2.75, 3.05) is 0 Å². The van der Waals surface area contributed by atoms with Gasteiger partial charge in [0.2, 0.25) is 0 Å². The average molecular weight is 325 g/mol. The molecule has 0 fully saturated rings. The topological polar surface area (TPSA) is 15.8 Å². The third-order valence-corrected chi connectivity index (χ3v) is 3.09. The molecule has 1 aromatic heterocycles. The molecule has 1 aromatic carbocycles. The minimum atomic E-state index is -4.38. The second kappa shape index (κ2) is 4.38. The first-order chi connectivity index (χ1) is 7.88. The normalized spacial score (nSPS) is 11.8. The molecule has 0 aliphatic rings. The van der Waals surface area contributed by atoms with E-state index >= 15 is 0 Å². The van der Waals surface area contributed by atoms with Gasteiger partial charge in [-0.2, -0.15) is 13.2 Å². The van der Waals surface area contributed by atoms with Crippen LogP contribution in [0.4, 0.5) is 13.2 Å². The number of hydrogen-bond acceptors (Lipinski definition) is 0. The SMILES string of the molecule is FC(F)(F)c1cc(Br)c(-c2ccc(Cl)cc2)[nH]1. The van der Waals surface area contributed by atoms with Crippen molar-refractivity contribution < 1.29 is 13.2 Å². The summed E-state index contributed by atoms with van der Waals surface area (Å²) in [7, 11) is 0. The summed E-state index contributed by atoms with van der Waals surface area (Å²) in [6, 6.07) is 7.57. The number of benzene rings is 1. The van der Waals surface area contributed by atoms with E-state index in [1.807, 2.05) is 0 Å². The van der Waals surface area contributed by atoms with Crippen molar-refractivity contribution in [3.8, 4) is 11.3 Å². The summed E-state index contributed by atoms with van der Waals surface area (Å²) in [5.74, 6) is 0. The van der Waals surface area contributed by atoms with Crippen molar-refractivity contribution in [2.24, 2.45) is 0 Å². The van der Waals surface area contributed by atoms with Gasteiger partial charge >= 0.3 is 6.18 Å². The number of aromatic nitrogens is 1. The second-order valence-electron chi connectivity index (χ2n) is 3.41. The van der Waals surface area contributed by atoms with Crippen molar-refractivity contribution in [1.82, 2.24) is 4.98 Å². The number of alkyl halides is 3. The molecular formula is C11H6BrClF3N. The minimum Gasteiger partial charge on any atom is -0.350 e. The Labute approximate surface area is 109 Å². The summed E-state index contributed by atoms with van der Waals surface area (Å²) in [4.78, 5) is 2.34. The van der Waals surface area contributed by atoms with Crippen molar-refractivity contribution in [2.45, 2.75) is 6.18 Å². The van der Waals surface area contributed by atoms with Crippen LogP contribution in [0.3, 0.4) is 0 Å². The first kappa shape index (κ1) is 12.5. The van der Waals surface area contributed by atoms with Crippen molar-refractivity contribution >= 4 is 27.5 Å². The lowest BCUT2D eigenvalue weighted by Crippen LogP contribution is -2.04. The monoisotopic (exact) mass is 323 g/mol. The highest BCUT2D eigenvalue weighted by Gasteiger charge is 2.33. The van der Waals surface area contributed by atoms with Gasteiger partial charge in [0.1, 0.15) is 5.69 Å². The Morgan fingerprint density at radius 3 is 2.18 bits per heavy atom. The van der Waals surface area contributed by atoms with Gasteiger partial charge < -0.3 is 4.98 Å². The number of hydrogen-bond donors (Lipinski definition) is 1. The Bertz CT molecular complexity index is 531. The van der Waals surface area contributed by atoms with Gasteiger partial charge in [0.05, 0.1) is 5.69 Å². The molecule has 0 bridgehead atoms. The first-order valence-corrected chi connectivity index (χ1v) is 5.76. The van der Waals surface area contributed by atoms with Crippen LogP contribution in [-0.2, 0) is 6.18 Å². The lowest BCUT2D eigenvalue weighted by atomic mass is 10.2. The number of nitrogens with one attached hydrogen (secondary N) is 1. The largest absolute Gasteiger partial charge is 0.431 e. The predicted octanol–water partition coefficient (Wildman–Crippen LogP) is 5.12. The van der Waals surface area contributed by atoms with Gasteiger partial charge in [-0.05, 0) is 39.7 Å². The van der Waals surface area contributed by atoms with Crippen LogP contribution in [0.2, 0.25) is 5.02 Å². The van der Waals surface area contributed by atoms with Crippen LogP contribution in [-0.4, -0.2) is 4.98 Å². The Hall–Kier alpha value is -0.940. The van der Waals surface area contributed by atoms with Gasteiger partial charge in [0.15, 0.2) is 0 Å². The molecule has 2 rings (SSSR count). The van der Waals surface area contributed by atoms with E-state index in [9.17, 15) is 13.2 Å².